The average molecular weight is 135 g/mol. The molecule has 0 aromatic heterocycles. The van der Waals surface area contributed by atoms with Gasteiger partial charge in [-0.3, -0.25) is 0 Å². The third kappa shape index (κ3) is 0.974. The van der Waals surface area contributed by atoms with Crippen molar-refractivity contribution in [2.75, 3.05) is 5.75 Å². The third-order valence-corrected chi connectivity index (χ3v) is 2.39. The first-order valence-corrected chi connectivity index (χ1v) is 3.46. The van der Waals surface area contributed by atoms with E-state index in [1.54, 1.807) is 0 Å². The Hall–Kier alpha value is 0.230. The van der Waals surface area contributed by atoms with Crippen LogP contribution in [-0.2, 0) is 0 Å². The molecule has 0 unspecified atom stereocenters. The van der Waals surface area contributed by atoms with Gasteiger partial charge >= 0.3 is 0 Å². The molecule has 48 valence electrons. The molecule has 1 rings (SSSR count). The summed E-state index contributed by atoms with van der Waals surface area (Å²) in [6.07, 6.45) is 0.692. The zero-order valence-electron chi connectivity index (χ0n) is 4.37. The molecule has 8 heavy (non-hydrogen) atoms. The molecule has 0 bridgehead atoms. The Morgan fingerprint density at radius 2 is 2.25 bits per heavy atom. The van der Waals surface area contributed by atoms with E-state index in [2.05, 4.69) is 0 Å². The topological polar surface area (TPSA) is 66.5 Å². The van der Waals surface area contributed by atoms with Gasteiger partial charge in [0, 0.05) is 5.75 Å². The highest BCUT2D eigenvalue weighted by Gasteiger charge is 2.37. The van der Waals surface area contributed by atoms with Gasteiger partial charge in [0.05, 0.1) is 6.04 Å². The summed E-state index contributed by atoms with van der Waals surface area (Å²) >= 11 is 1.09. The first-order valence-electron chi connectivity index (χ1n) is 2.47. The first kappa shape index (κ1) is 6.35. The van der Waals surface area contributed by atoms with Crippen LogP contribution in [0, 0.1) is 0 Å². The van der Waals surface area contributed by atoms with Crippen LogP contribution < -0.4 is 5.73 Å². The van der Waals surface area contributed by atoms with Crippen LogP contribution >= 0.6 is 11.8 Å². The number of nitrogens with two attached hydrogens (primary N) is 1. The molecule has 0 radical (unpaired) electrons. The van der Waals surface area contributed by atoms with Crippen LogP contribution in [0.5, 0.6) is 0 Å². The Balaban J connectivity index is 2.54. The van der Waals surface area contributed by atoms with E-state index in [-0.39, 0.29) is 0 Å². The minimum atomic E-state index is -1.65. The van der Waals surface area contributed by atoms with Crippen molar-refractivity contribution in [1.29, 1.82) is 0 Å². The SMILES string of the molecule is N[C@@H]1CCSC1(O)O. The van der Waals surface area contributed by atoms with Gasteiger partial charge < -0.3 is 15.9 Å². The van der Waals surface area contributed by atoms with Gasteiger partial charge in [-0.05, 0) is 6.42 Å². The summed E-state index contributed by atoms with van der Waals surface area (Å²) in [6.45, 7) is 0. The number of aliphatic hydroxyl groups is 2. The quantitative estimate of drug-likeness (QED) is 0.376. The van der Waals surface area contributed by atoms with Gasteiger partial charge in [0.25, 0.3) is 0 Å². The molecule has 1 heterocycles. The van der Waals surface area contributed by atoms with E-state index in [0.29, 0.717) is 6.42 Å². The molecule has 0 aliphatic carbocycles. The van der Waals surface area contributed by atoms with Gasteiger partial charge in [0.2, 0.25) is 5.12 Å². The van der Waals surface area contributed by atoms with E-state index in [1.807, 2.05) is 0 Å². The third-order valence-electron chi connectivity index (χ3n) is 1.23. The van der Waals surface area contributed by atoms with Crippen molar-refractivity contribution < 1.29 is 10.2 Å². The Morgan fingerprint density at radius 3 is 2.38 bits per heavy atom. The molecule has 4 N–H and O–H groups in total. The minimum absolute atomic E-state index is 0.465. The van der Waals surface area contributed by atoms with Crippen molar-refractivity contribution in [2.24, 2.45) is 5.73 Å². The van der Waals surface area contributed by atoms with E-state index in [9.17, 15) is 0 Å². The highest BCUT2D eigenvalue weighted by Crippen LogP contribution is 2.31. The maximum atomic E-state index is 8.86. The fourth-order valence-corrected chi connectivity index (χ4v) is 1.64. The molecular weight excluding hydrogens is 126 g/mol. The van der Waals surface area contributed by atoms with Crippen LogP contribution in [0.25, 0.3) is 0 Å². The van der Waals surface area contributed by atoms with Gasteiger partial charge in [-0.1, -0.05) is 11.8 Å². The van der Waals surface area contributed by atoms with Crippen LogP contribution in [-0.4, -0.2) is 27.1 Å². The van der Waals surface area contributed by atoms with Crippen LogP contribution in [0.1, 0.15) is 6.42 Å². The van der Waals surface area contributed by atoms with E-state index in [0.717, 1.165) is 17.5 Å². The number of thioether (sulfide) groups is 1. The first-order chi connectivity index (χ1) is 3.63. The van der Waals surface area contributed by atoms with Gasteiger partial charge in [0.15, 0.2) is 0 Å². The van der Waals surface area contributed by atoms with Crippen molar-refractivity contribution in [3.05, 3.63) is 0 Å². The lowest BCUT2D eigenvalue weighted by Crippen LogP contribution is -2.40. The molecule has 0 saturated carbocycles. The second-order valence-corrected chi connectivity index (χ2v) is 3.20. The second-order valence-electron chi connectivity index (χ2n) is 1.90. The average Bonchev–Trinajstić information content (AvgIpc) is 1.86. The smallest absolute Gasteiger partial charge is 0.228 e. The van der Waals surface area contributed by atoms with Gasteiger partial charge in [0.1, 0.15) is 0 Å². The van der Waals surface area contributed by atoms with E-state index in [4.69, 9.17) is 15.9 Å². The zero-order chi connectivity index (χ0) is 6.20. The Labute approximate surface area is 51.9 Å². The molecule has 4 heteroatoms. The van der Waals surface area contributed by atoms with Crippen LogP contribution in [0.2, 0.25) is 0 Å². The van der Waals surface area contributed by atoms with Crippen molar-refractivity contribution >= 4 is 11.8 Å². The Kier molecular flexibility index (Phi) is 1.49. The predicted octanol–water partition coefficient (Wildman–Crippen LogP) is -0.911. The summed E-state index contributed by atoms with van der Waals surface area (Å²) < 4.78 is 0. The molecule has 1 aliphatic heterocycles. The molecule has 0 amide bonds. The van der Waals surface area contributed by atoms with Crippen LogP contribution in [0.4, 0.5) is 0 Å². The lowest BCUT2D eigenvalue weighted by atomic mass is 10.2. The minimum Gasteiger partial charge on any atom is -0.356 e. The monoisotopic (exact) mass is 135 g/mol. The van der Waals surface area contributed by atoms with E-state index >= 15 is 0 Å². The normalized spacial score (nSPS) is 35.6. The second kappa shape index (κ2) is 1.88. The number of hydrogen-bond acceptors (Lipinski definition) is 4. The molecule has 1 saturated heterocycles. The molecule has 1 fully saturated rings. The highest BCUT2D eigenvalue weighted by atomic mass is 32.2. The maximum Gasteiger partial charge on any atom is 0.228 e. The molecule has 1 atom stereocenters. The largest absolute Gasteiger partial charge is 0.356 e. The lowest BCUT2D eigenvalue weighted by Gasteiger charge is -2.17. The summed E-state index contributed by atoms with van der Waals surface area (Å²) in [7, 11) is 0. The Morgan fingerprint density at radius 1 is 1.62 bits per heavy atom. The summed E-state index contributed by atoms with van der Waals surface area (Å²) in [6, 6.07) is -0.465. The standard InChI is InChI=1S/C4H9NO2S/c5-3-1-2-8-4(3,6)7/h3,6-7H,1-2,5H2/t3-/m1/s1. The van der Waals surface area contributed by atoms with Crippen molar-refractivity contribution in [1.82, 2.24) is 0 Å². The molecule has 3 nitrogen and oxygen atoms in total. The van der Waals surface area contributed by atoms with Gasteiger partial charge in [-0.15, -0.1) is 0 Å². The molecule has 0 spiro atoms. The molecule has 1 aliphatic rings. The van der Waals surface area contributed by atoms with E-state index in [1.165, 1.54) is 0 Å². The van der Waals surface area contributed by atoms with Crippen molar-refractivity contribution in [3.8, 4) is 0 Å². The number of hydrogen-bond donors (Lipinski definition) is 3. The Bertz CT molecular complexity index is 96.0. The summed E-state index contributed by atoms with van der Waals surface area (Å²) in [5.41, 5.74) is 5.29. The van der Waals surface area contributed by atoms with Gasteiger partial charge in [-0.25, -0.2) is 0 Å². The van der Waals surface area contributed by atoms with E-state index < -0.39 is 11.2 Å². The van der Waals surface area contributed by atoms with Gasteiger partial charge in [-0.2, -0.15) is 0 Å². The fraction of sp³-hybridized carbons (Fsp3) is 1.00. The summed E-state index contributed by atoms with van der Waals surface area (Å²) in [5.74, 6) is 0.744. The summed E-state index contributed by atoms with van der Waals surface area (Å²) in [4.78, 5) is 0. The predicted molar refractivity (Wildman–Crippen MR) is 32.2 cm³/mol. The molecular formula is C4H9NO2S. The van der Waals surface area contributed by atoms with Crippen molar-refractivity contribution in [3.63, 3.8) is 0 Å². The molecule has 0 aromatic rings. The van der Waals surface area contributed by atoms with Crippen LogP contribution in [0.3, 0.4) is 0 Å². The number of rotatable bonds is 0. The van der Waals surface area contributed by atoms with Crippen molar-refractivity contribution in [2.45, 2.75) is 17.6 Å². The highest BCUT2D eigenvalue weighted by molar-refractivity contribution is 8.00. The molecule has 0 aromatic carbocycles. The maximum absolute atomic E-state index is 8.86. The zero-order valence-corrected chi connectivity index (χ0v) is 5.19. The summed E-state index contributed by atoms with van der Waals surface area (Å²) in [5, 5.41) is 16.1. The van der Waals surface area contributed by atoms with Crippen LogP contribution in [0.15, 0.2) is 0 Å². The lowest BCUT2D eigenvalue weighted by molar-refractivity contribution is -0.0880. The fourth-order valence-electron chi connectivity index (χ4n) is 0.631.